The van der Waals surface area contributed by atoms with Crippen LogP contribution in [-0.2, 0) is 19.1 Å². The standard InChI is InChI=1S/C21H31N3O4.CH2O2/c1-23(2)18-9-14-11-24(12-15(14)10-19(18)28-4)21(26)16-7-5-6-8-17(16)22-20(25)13-27-3;2-1-3/h5-8,14-15,18-19H,9-13H2,1-4H3,(H,22,25);1H,(H,2,3)/t14-,15+,18-,19-;/m1./s1. The van der Waals surface area contributed by atoms with Crippen LogP contribution in [0.2, 0.25) is 0 Å². The Hall–Kier alpha value is -2.49. The van der Waals surface area contributed by atoms with Crippen LogP contribution in [-0.4, -0.2) is 93.4 Å². The molecule has 172 valence electrons. The van der Waals surface area contributed by atoms with E-state index in [1.165, 1.54) is 7.11 Å². The van der Waals surface area contributed by atoms with Gasteiger partial charge >= 0.3 is 0 Å². The highest BCUT2D eigenvalue weighted by atomic mass is 16.5. The van der Waals surface area contributed by atoms with Crippen molar-refractivity contribution >= 4 is 24.0 Å². The van der Waals surface area contributed by atoms with Gasteiger partial charge in [0.1, 0.15) is 6.61 Å². The molecule has 2 fully saturated rings. The molecule has 1 aromatic rings. The van der Waals surface area contributed by atoms with Gasteiger partial charge in [0.05, 0.1) is 17.4 Å². The highest BCUT2D eigenvalue weighted by Gasteiger charge is 2.44. The molecule has 2 aliphatic rings. The van der Waals surface area contributed by atoms with Gasteiger partial charge in [-0.3, -0.25) is 14.4 Å². The number of fused-ring (bicyclic) bond motifs is 1. The molecule has 1 heterocycles. The summed E-state index contributed by atoms with van der Waals surface area (Å²) >= 11 is 0. The maximum absolute atomic E-state index is 13.2. The lowest BCUT2D eigenvalue weighted by Gasteiger charge is -2.40. The van der Waals surface area contributed by atoms with Crippen molar-refractivity contribution in [3.8, 4) is 0 Å². The summed E-state index contributed by atoms with van der Waals surface area (Å²) in [4.78, 5) is 37.6. The number of rotatable bonds is 6. The molecule has 2 N–H and O–H groups in total. The second kappa shape index (κ2) is 11.8. The van der Waals surface area contributed by atoms with Crippen LogP contribution in [0, 0.1) is 11.8 Å². The predicted octanol–water partition coefficient (Wildman–Crippen LogP) is 1.40. The number of ether oxygens (including phenoxy) is 2. The summed E-state index contributed by atoms with van der Waals surface area (Å²) in [6.07, 6.45) is 2.21. The first kappa shape index (κ1) is 24.8. The molecular weight excluding hydrogens is 402 g/mol. The van der Waals surface area contributed by atoms with E-state index in [1.807, 2.05) is 17.0 Å². The van der Waals surface area contributed by atoms with Crippen LogP contribution in [0.5, 0.6) is 0 Å². The van der Waals surface area contributed by atoms with Gasteiger partial charge in [-0.1, -0.05) is 12.1 Å². The van der Waals surface area contributed by atoms with Gasteiger partial charge in [-0.25, -0.2) is 0 Å². The maximum Gasteiger partial charge on any atom is 0.290 e. The molecule has 9 nitrogen and oxygen atoms in total. The van der Waals surface area contributed by atoms with Crippen molar-refractivity contribution in [2.45, 2.75) is 25.0 Å². The predicted molar refractivity (Wildman–Crippen MR) is 116 cm³/mol. The molecule has 1 saturated heterocycles. The van der Waals surface area contributed by atoms with Crippen molar-refractivity contribution < 1.29 is 29.0 Å². The largest absolute Gasteiger partial charge is 0.483 e. The molecule has 3 rings (SSSR count). The zero-order valence-electron chi connectivity index (χ0n) is 18.6. The number of anilines is 1. The minimum atomic E-state index is -0.269. The fraction of sp³-hybridized carbons (Fsp3) is 0.591. The summed E-state index contributed by atoms with van der Waals surface area (Å²) in [6, 6.07) is 7.54. The fourth-order valence-electron chi connectivity index (χ4n) is 4.62. The minimum absolute atomic E-state index is 0.0295. The number of benzene rings is 1. The van der Waals surface area contributed by atoms with Crippen molar-refractivity contribution in [3.05, 3.63) is 29.8 Å². The van der Waals surface area contributed by atoms with Crippen molar-refractivity contribution in [3.63, 3.8) is 0 Å². The minimum Gasteiger partial charge on any atom is -0.483 e. The van der Waals surface area contributed by atoms with Gasteiger partial charge in [0.25, 0.3) is 12.4 Å². The number of likely N-dealkylation sites (tertiary alicyclic amines) is 1. The van der Waals surface area contributed by atoms with Gasteiger partial charge in [0.2, 0.25) is 5.91 Å². The smallest absolute Gasteiger partial charge is 0.290 e. The second-order valence-corrected chi connectivity index (χ2v) is 8.14. The monoisotopic (exact) mass is 435 g/mol. The Labute approximate surface area is 183 Å². The first-order valence-corrected chi connectivity index (χ1v) is 10.3. The van der Waals surface area contributed by atoms with Crippen LogP contribution in [0.15, 0.2) is 24.3 Å². The number of carbonyl (C=O) groups is 3. The Kier molecular flexibility index (Phi) is 9.42. The number of likely N-dealkylation sites (N-methyl/N-ethyl adjacent to an activating group) is 1. The van der Waals surface area contributed by atoms with Gasteiger partial charge in [-0.05, 0) is 50.9 Å². The van der Waals surface area contributed by atoms with Crippen molar-refractivity contribution in [2.24, 2.45) is 11.8 Å². The Morgan fingerprint density at radius 1 is 1.19 bits per heavy atom. The molecule has 0 radical (unpaired) electrons. The highest BCUT2D eigenvalue weighted by Crippen LogP contribution is 2.39. The summed E-state index contributed by atoms with van der Waals surface area (Å²) < 4.78 is 10.6. The van der Waals surface area contributed by atoms with Crippen LogP contribution in [0.3, 0.4) is 0 Å². The lowest BCUT2D eigenvalue weighted by Crippen LogP contribution is -2.47. The fourth-order valence-corrected chi connectivity index (χ4v) is 4.62. The van der Waals surface area contributed by atoms with Crippen molar-refractivity contribution in [1.29, 1.82) is 0 Å². The van der Waals surface area contributed by atoms with Gasteiger partial charge in [-0.2, -0.15) is 0 Å². The number of para-hydroxylation sites is 1. The van der Waals surface area contributed by atoms with E-state index in [0.29, 0.717) is 29.1 Å². The Balaban J connectivity index is 0.00000107. The SMILES string of the molecule is COCC(=O)Nc1ccccc1C(=O)N1C[C@H]2C[C@@H](N(C)C)[C@H](OC)C[C@H]2C1.O=CO. The van der Waals surface area contributed by atoms with Gasteiger partial charge in [0.15, 0.2) is 0 Å². The first-order valence-electron chi connectivity index (χ1n) is 10.3. The van der Waals surface area contributed by atoms with Gasteiger partial charge < -0.3 is 29.7 Å². The van der Waals surface area contributed by atoms with Crippen molar-refractivity contribution in [2.75, 3.05) is 53.3 Å². The molecular formula is C22H33N3O6. The van der Waals surface area contributed by atoms with E-state index < -0.39 is 0 Å². The van der Waals surface area contributed by atoms with E-state index in [1.54, 1.807) is 19.2 Å². The van der Waals surface area contributed by atoms with E-state index in [-0.39, 0.29) is 31.0 Å². The molecule has 4 atom stereocenters. The number of nitrogens with zero attached hydrogens (tertiary/aromatic N) is 2. The van der Waals surface area contributed by atoms with Crippen LogP contribution < -0.4 is 5.32 Å². The Bertz CT molecular complexity index is 757. The molecule has 0 bridgehead atoms. The number of hydrogen-bond acceptors (Lipinski definition) is 6. The molecule has 2 amide bonds. The quantitative estimate of drug-likeness (QED) is 0.650. The number of carbonyl (C=O) groups excluding carboxylic acids is 2. The number of amides is 2. The van der Waals surface area contributed by atoms with E-state index in [9.17, 15) is 9.59 Å². The zero-order valence-corrected chi connectivity index (χ0v) is 18.6. The van der Waals surface area contributed by atoms with Gasteiger partial charge in [0, 0.05) is 33.4 Å². The summed E-state index contributed by atoms with van der Waals surface area (Å²) in [7, 11) is 7.43. The van der Waals surface area contributed by atoms with Gasteiger partial charge in [-0.15, -0.1) is 0 Å². The zero-order chi connectivity index (χ0) is 23.0. The van der Waals surface area contributed by atoms with Crippen LogP contribution in [0.1, 0.15) is 23.2 Å². The third-order valence-corrected chi connectivity index (χ3v) is 6.05. The molecule has 1 aliphatic carbocycles. The van der Waals surface area contributed by atoms with Crippen LogP contribution in [0.4, 0.5) is 5.69 Å². The average molecular weight is 436 g/mol. The second-order valence-electron chi connectivity index (χ2n) is 8.14. The molecule has 0 spiro atoms. The molecule has 9 heteroatoms. The number of hydrogen-bond donors (Lipinski definition) is 2. The molecule has 0 aromatic heterocycles. The van der Waals surface area contributed by atoms with E-state index in [4.69, 9.17) is 19.4 Å². The van der Waals surface area contributed by atoms with Crippen LogP contribution in [0.25, 0.3) is 0 Å². The summed E-state index contributed by atoms with van der Waals surface area (Å²) in [5.74, 6) is 0.644. The topological polar surface area (TPSA) is 108 Å². The number of methoxy groups -OCH3 is 2. The lowest BCUT2D eigenvalue weighted by molar-refractivity contribution is -0.123. The molecule has 1 aromatic carbocycles. The highest BCUT2D eigenvalue weighted by molar-refractivity contribution is 6.04. The third kappa shape index (κ3) is 6.25. The third-order valence-electron chi connectivity index (χ3n) is 6.05. The first-order chi connectivity index (χ1) is 14.9. The summed E-state index contributed by atoms with van der Waals surface area (Å²) in [5.41, 5.74) is 1.06. The van der Waals surface area contributed by atoms with E-state index in [0.717, 1.165) is 25.9 Å². The number of nitrogens with one attached hydrogen (secondary N) is 1. The summed E-state index contributed by atoms with van der Waals surface area (Å²) in [6.45, 7) is 1.20. The maximum atomic E-state index is 13.2. The Morgan fingerprint density at radius 2 is 1.81 bits per heavy atom. The summed E-state index contributed by atoms with van der Waals surface area (Å²) in [5, 5.41) is 9.67. The van der Waals surface area contributed by atoms with Crippen molar-refractivity contribution in [1.82, 2.24) is 9.80 Å². The number of carboxylic acid groups (broad SMARTS) is 1. The molecule has 1 saturated carbocycles. The molecule has 31 heavy (non-hydrogen) atoms. The lowest BCUT2D eigenvalue weighted by atomic mass is 9.77. The molecule has 1 aliphatic heterocycles. The van der Waals surface area contributed by atoms with Crippen LogP contribution >= 0.6 is 0 Å². The van der Waals surface area contributed by atoms with E-state index >= 15 is 0 Å². The normalized spacial score (nSPS) is 24.7. The Morgan fingerprint density at radius 3 is 2.39 bits per heavy atom. The van der Waals surface area contributed by atoms with E-state index in [2.05, 4.69) is 24.3 Å². The average Bonchev–Trinajstić information content (AvgIpc) is 3.16. The molecule has 0 unspecified atom stereocenters.